The minimum Gasteiger partial charge on any atom is -0.399 e. The molecule has 0 bridgehead atoms. The molecule has 0 aliphatic rings. The number of hydrogen-bond donors (Lipinski definition) is 2. The molecule has 3 nitrogen and oxygen atoms in total. The molecule has 0 spiro atoms. The van der Waals surface area contributed by atoms with Crippen molar-refractivity contribution in [3.05, 3.63) is 65.5 Å². The summed E-state index contributed by atoms with van der Waals surface area (Å²) >= 11 is 0. The van der Waals surface area contributed by atoms with Crippen molar-refractivity contribution in [2.45, 2.75) is 6.42 Å². The summed E-state index contributed by atoms with van der Waals surface area (Å²) in [6, 6.07) is 13.6. The van der Waals surface area contributed by atoms with Crippen molar-refractivity contribution in [1.82, 2.24) is 5.32 Å². The van der Waals surface area contributed by atoms with Crippen LogP contribution < -0.4 is 11.1 Å². The Kier molecular flexibility index (Phi) is 4.13. The highest BCUT2D eigenvalue weighted by Gasteiger charge is 2.07. The van der Waals surface area contributed by atoms with E-state index in [1.165, 1.54) is 18.2 Å². The summed E-state index contributed by atoms with van der Waals surface area (Å²) in [4.78, 5) is 11.8. The highest BCUT2D eigenvalue weighted by Crippen LogP contribution is 2.10. The molecule has 2 aromatic carbocycles. The topological polar surface area (TPSA) is 55.1 Å². The number of rotatable bonds is 4. The molecule has 0 heterocycles. The fraction of sp³-hybridized carbons (Fsp3) is 0.133. The quantitative estimate of drug-likeness (QED) is 0.827. The van der Waals surface area contributed by atoms with Crippen LogP contribution in [0.2, 0.25) is 0 Å². The Morgan fingerprint density at radius 3 is 2.58 bits per heavy atom. The summed E-state index contributed by atoms with van der Waals surface area (Å²) in [6.07, 6.45) is 0.734. The number of nitrogens with one attached hydrogen (secondary N) is 1. The first-order valence-corrected chi connectivity index (χ1v) is 6.03. The Balaban J connectivity index is 1.91. The molecule has 0 unspecified atom stereocenters. The molecule has 98 valence electrons. The number of halogens is 1. The highest BCUT2D eigenvalue weighted by molar-refractivity contribution is 5.95. The SMILES string of the molecule is Nc1cc(F)cc(C(=O)NCCc2ccccc2)c1. The molecule has 0 saturated heterocycles. The number of nitrogen functional groups attached to an aromatic ring is 1. The van der Waals surface area contributed by atoms with Crippen LogP contribution in [0.5, 0.6) is 0 Å². The standard InChI is InChI=1S/C15H15FN2O/c16-13-8-12(9-14(17)10-13)15(19)18-7-6-11-4-2-1-3-5-11/h1-5,8-10H,6-7,17H2,(H,18,19). The van der Waals surface area contributed by atoms with Crippen LogP contribution in [0.4, 0.5) is 10.1 Å². The lowest BCUT2D eigenvalue weighted by Crippen LogP contribution is -2.25. The van der Waals surface area contributed by atoms with Crippen LogP contribution in [0.1, 0.15) is 15.9 Å². The molecule has 2 aromatic rings. The molecule has 0 radical (unpaired) electrons. The van der Waals surface area contributed by atoms with E-state index in [0.717, 1.165) is 12.0 Å². The van der Waals surface area contributed by atoms with Gasteiger partial charge in [0.1, 0.15) is 5.82 Å². The Bertz CT molecular complexity index is 549. The second-order valence-electron chi connectivity index (χ2n) is 4.26. The van der Waals surface area contributed by atoms with Gasteiger partial charge in [-0.05, 0) is 30.2 Å². The predicted molar refractivity (Wildman–Crippen MR) is 73.3 cm³/mol. The number of hydrogen-bond acceptors (Lipinski definition) is 2. The molecule has 19 heavy (non-hydrogen) atoms. The van der Waals surface area contributed by atoms with Crippen LogP contribution in [0.3, 0.4) is 0 Å². The van der Waals surface area contributed by atoms with E-state index in [0.29, 0.717) is 6.54 Å². The summed E-state index contributed by atoms with van der Waals surface area (Å²) in [5, 5.41) is 2.74. The van der Waals surface area contributed by atoms with Gasteiger partial charge in [0.2, 0.25) is 0 Å². The van der Waals surface area contributed by atoms with Crippen LogP contribution in [0, 0.1) is 5.82 Å². The average Bonchev–Trinajstić information content (AvgIpc) is 2.38. The highest BCUT2D eigenvalue weighted by atomic mass is 19.1. The molecule has 0 saturated carbocycles. The van der Waals surface area contributed by atoms with Gasteiger partial charge in [-0.1, -0.05) is 30.3 Å². The number of benzene rings is 2. The summed E-state index contributed by atoms with van der Waals surface area (Å²) < 4.78 is 13.1. The van der Waals surface area contributed by atoms with Gasteiger partial charge in [-0.2, -0.15) is 0 Å². The van der Waals surface area contributed by atoms with Gasteiger partial charge in [0.15, 0.2) is 0 Å². The fourth-order valence-electron chi connectivity index (χ4n) is 1.81. The maximum Gasteiger partial charge on any atom is 0.251 e. The van der Waals surface area contributed by atoms with Crippen molar-refractivity contribution in [3.63, 3.8) is 0 Å². The second-order valence-corrected chi connectivity index (χ2v) is 4.26. The molecule has 3 N–H and O–H groups in total. The van der Waals surface area contributed by atoms with E-state index < -0.39 is 5.82 Å². The minimum atomic E-state index is -0.506. The molecule has 0 aliphatic carbocycles. The van der Waals surface area contributed by atoms with Gasteiger partial charge in [0.05, 0.1) is 0 Å². The zero-order valence-electron chi connectivity index (χ0n) is 10.4. The lowest BCUT2D eigenvalue weighted by Gasteiger charge is -2.06. The summed E-state index contributed by atoms with van der Waals surface area (Å²) in [5.41, 5.74) is 7.12. The zero-order valence-corrected chi connectivity index (χ0v) is 10.4. The molecule has 4 heteroatoms. The van der Waals surface area contributed by atoms with Crippen molar-refractivity contribution < 1.29 is 9.18 Å². The number of carbonyl (C=O) groups is 1. The fourth-order valence-corrected chi connectivity index (χ4v) is 1.81. The number of anilines is 1. The molecular weight excluding hydrogens is 243 g/mol. The van der Waals surface area contributed by atoms with Gasteiger partial charge in [0, 0.05) is 17.8 Å². The van der Waals surface area contributed by atoms with Gasteiger partial charge >= 0.3 is 0 Å². The van der Waals surface area contributed by atoms with Gasteiger partial charge < -0.3 is 11.1 Å². The van der Waals surface area contributed by atoms with E-state index in [2.05, 4.69) is 5.32 Å². The van der Waals surface area contributed by atoms with Gasteiger partial charge in [-0.15, -0.1) is 0 Å². The van der Waals surface area contributed by atoms with Crippen molar-refractivity contribution in [3.8, 4) is 0 Å². The Hall–Kier alpha value is -2.36. The third-order valence-electron chi connectivity index (χ3n) is 2.72. The van der Waals surface area contributed by atoms with Gasteiger partial charge in [-0.25, -0.2) is 4.39 Å². The third-order valence-corrected chi connectivity index (χ3v) is 2.72. The minimum absolute atomic E-state index is 0.241. The second kappa shape index (κ2) is 6.00. The van der Waals surface area contributed by atoms with Crippen LogP contribution in [0.25, 0.3) is 0 Å². The molecule has 0 aliphatic heterocycles. The summed E-state index contributed by atoms with van der Waals surface area (Å²) in [7, 11) is 0. The maximum absolute atomic E-state index is 13.1. The van der Waals surface area contributed by atoms with Crippen LogP contribution in [-0.2, 0) is 6.42 Å². The first kappa shape index (κ1) is 13.1. The van der Waals surface area contributed by atoms with E-state index in [1.54, 1.807) is 0 Å². The van der Waals surface area contributed by atoms with E-state index >= 15 is 0 Å². The normalized spacial score (nSPS) is 10.2. The largest absolute Gasteiger partial charge is 0.399 e. The van der Waals surface area contributed by atoms with Crippen LogP contribution >= 0.6 is 0 Å². The van der Waals surface area contributed by atoms with Gasteiger partial charge in [0.25, 0.3) is 5.91 Å². The smallest absolute Gasteiger partial charge is 0.251 e. The van der Waals surface area contributed by atoms with Crippen LogP contribution in [-0.4, -0.2) is 12.5 Å². The van der Waals surface area contributed by atoms with Crippen molar-refractivity contribution in [1.29, 1.82) is 0 Å². The van der Waals surface area contributed by atoms with Crippen molar-refractivity contribution in [2.75, 3.05) is 12.3 Å². The maximum atomic E-state index is 13.1. The average molecular weight is 258 g/mol. The first-order valence-electron chi connectivity index (χ1n) is 6.03. The predicted octanol–water partition coefficient (Wildman–Crippen LogP) is 2.38. The number of nitrogens with two attached hydrogens (primary N) is 1. The van der Waals surface area contributed by atoms with Crippen molar-refractivity contribution in [2.24, 2.45) is 0 Å². The monoisotopic (exact) mass is 258 g/mol. The Labute approximate surface area is 111 Å². The molecule has 0 atom stereocenters. The van der Waals surface area contributed by atoms with Crippen molar-refractivity contribution >= 4 is 11.6 Å². The lowest BCUT2D eigenvalue weighted by molar-refractivity contribution is 0.0953. The van der Waals surface area contributed by atoms with E-state index in [1.807, 2.05) is 30.3 Å². The van der Waals surface area contributed by atoms with E-state index in [9.17, 15) is 9.18 Å². The molecule has 0 fully saturated rings. The number of amides is 1. The van der Waals surface area contributed by atoms with E-state index in [4.69, 9.17) is 5.73 Å². The van der Waals surface area contributed by atoms with E-state index in [-0.39, 0.29) is 17.2 Å². The number of carbonyl (C=O) groups excluding carboxylic acids is 1. The zero-order chi connectivity index (χ0) is 13.7. The van der Waals surface area contributed by atoms with Crippen LogP contribution in [0.15, 0.2) is 48.5 Å². The Morgan fingerprint density at radius 1 is 1.16 bits per heavy atom. The third kappa shape index (κ3) is 3.81. The first-order chi connectivity index (χ1) is 9.15. The molecule has 1 amide bonds. The van der Waals surface area contributed by atoms with Gasteiger partial charge in [-0.3, -0.25) is 4.79 Å². The Morgan fingerprint density at radius 2 is 1.89 bits per heavy atom. The lowest BCUT2D eigenvalue weighted by atomic mass is 10.1. The molecule has 2 rings (SSSR count). The summed E-state index contributed by atoms with van der Waals surface area (Å²) in [5.74, 6) is -0.824. The molecular formula is C15H15FN2O. The summed E-state index contributed by atoms with van der Waals surface area (Å²) in [6.45, 7) is 0.499. The molecule has 0 aromatic heterocycles.